The van der Waals surface area contributed by atoms with Crippen LogP contribution in [-0.2, 0) is 0 Å². The fourth-order valence-corrected chi connectivity index (χ4v) is 3.24. The van der Waals surface area contributed by atoms with Gasteiger partial charge in [0, 0.05) is 37.4 Å². The molecule has 0 aromatic heterocycles. The molecule has 0 radical (unpaired) electrons. The number of likely N-dealkylation sites (N-methyl/N-ethyl adjacent to an activating group) is 1. The molecule has 90 valence electrons. The van der Waals surface area contributed by atoms with E-state index in [4.69, 9.17) is 5.73 Å². The summed E-state index contributed by atoms with van der Waals surface area (Å²) in [4.78, 5) is 2.21. The van der Waals surface area contributed by atoms with E-state index in [2.05, 4.69) is 37.3 Å². The number of hydrogen-bond acceptors (Lipinski definition) is 4. The average molecular weight is 239 g/mol. The lowest BCUT2D eigenvalue weighted by Crippen LogP contribution is -2.54. The van der Waals surface area contributed by atoms with Crippen LogP contribution in [0.1, 0.15) is 6.92 Å². The standard InChI is InChI=1S/C12H21N3S/c1-5-11-12(3,9-14-7-6-13)16-8-10(2)15(11)4/h5-7,11,14H,1-2,8-9,13H2,3-4H3/b7-6-. The molecule has 1 saturated heterocycles. The van der Waals surface area contributed by atoms with Crippen molar-refractivity contribution < 1.29 is 0 Å². The lowest BCUT2D eigenvalue weighted by molar-refractivity contribution is 0.288. The molecule has 0 aromatic carbocycles. The number of thioether (sulfide) groups is 1. The molecule has 2 atom stereocenters. The molecular weight excluding hydrogens is 218 g/mol. The van der Waals surface area contributed by atoms with Gasteiger partial charge in [0.1, 0.15) is 0 Å². The van der Waals surface area contributed by atoms with Gasteiger partial charge in [-0.2, -0.15) is 0 Å². The maximum Gasteiger partial charge on any atom is 0.0625 e. The fourth-order valence-electron chi connectivity index (χ4n) is 1.93. The van der Waals surface area contributed by atoms with Crippen molar-refractivity contribution in [2.45, 2.75) is 17.7 Å². The highest BCUT2D eigenvalue weighted by atomic mass is 32.2. The minimum atomic E-state index is 0.0944. The first kappa shape index (κ1) is 13.0. The van der Waals surface area contributed by atoms with Crippen LogP contribution in [0.3, 0.4) is 0 Å². The van der Waals surface area contributed by atoms with Crippen LogP contribution in [0.4, 0.5) is 0 Å². The SMILES string of the molecule is C=CC1N(C)C(=C)CSC1(C)CN/C=C\N. The first-order chi connectivity index (χ1) is 7.55. The third kappa shape index (κ3) is 2.55. The maximum absolute atomic E-state index is 5.31. The van der Waals surface area contributed by atoms with Gasteiger partial charge in [0.05, 0.1) is 10.8 Å². The third-order valence-electron chi connectivity index (χ3n) is 3.00. The van der Waals surface area contributed by atoms with Gasteiger partial charge < -0.3 is 16.0 Å². The smallest absolute Gasteiger partial charge is 0.0625 e. The largest absolute Gasteiger partial charge is 0.403 e. The number of nitrogens with zero attached hydrogens (tertiary/aromatic N) is 1. The number of hydrogen-bond donors (Lipinski definition) is 2. The Balaban J connectivity index is 2.76. The van der Waals surface area contributed by atoms with Gasteiger partial charge in [-0.15, -0.1) is 18.3 Å². The number of nitrogens with one attached hydrogen (secondary N) is 1. The van der Waals surface area contributed by atoms with Crippen molar-refractivity contribution in [1.29, 1.82) is 0 Å². The van der Waals surface area contributed by atoms with Crippen molar-refractivity contribution in [3.63, 3.8) is 0 Å². The summed E-state index contributed by atoms with van der Waals surface area (Å²) in [5.74, 6) is 0.964. The van der Waals surface area contributed by atoms with Crippen LogP contribution in [0, 0.1) is 0 Å². The van der Waals surface area contributed by atoms with Gasteiger partial charge in [0.15, 0.2) is 0 Å². The van der Waals surface area contributed by atoms with Crippen LogP contribution in [-0.4, -0.2) is 35.0 Å². The van der Waals surface area contributed by atoms with E-state index in [0.29, 0.717) is 0 Å². The average Bonchev–Trinajstić information content (AvgIpc) is 2.25. The van der Waals surface area contributed by atoms with Crippen LogP contribution < -0.4 is 11.1 Å². The molecule has 1 heterocycles. The third-order valence-corrected chi connectivity index (χ3v) is 4.52. The normalized spacial score (nSPS) is 30.8. The zero-order valence-electron chi connectivity index (χ0n) is 10.1. The molecule has 3 nitrogen and oxygen atoms in total. The predicted octanol–water partition coefficient (Wildman–Crippen LogP) is 1.51. The summed E-state index contributed by atoms with van der Waals surface area (Å²) in [6.45, 7) is 11.1. The Morgan fingerprint density at radius 2 is 2.44 bits per heavy atom. The van der Waals surface area contributed by atoms with Gasteiger partial charge in [-0.3, -0.25) is 0 Å². The van der Waals surface area contributed by atoms with E-state index in [1.165, 1.54) is 6.20 Å². The van der Waals surface area contributed by atoms with Crippen molar-refractivity contribution >= 4 is 11.8 Å². The summed E-state index contributed by atoms with van der Waals surface area (Å²) in [6, 6.07) is 0.289. The first-order valence-corrected chi connectivity index (χ1v) is 6.31. The second-order valence-corrected chi connectivity index (χ2v) is 5.71. The summed E-state index contributed by atoms with van der Waals surface area (Å²) in [6.07, 6.45) is 5.28. The van der Waals surface area contributed by atoms with E-state index in [1.54, 1.807) is 6.20 Å². The molecule has 1 fully saturated rings. The van der Waals surface area contributed by atoms with Crippen LogP contribution in [0.25, 0.3) is 0 Å². The Morgan fingerprint density at radius 1 is 1.75 bits per heavy atom. The van der Waals surface area contributed by atoms with Crippen LogP contribution in [0.2, 0.25) is 0 Å². The molecule has 4 heteroatoms. The molecule has 1 aliphatic rings. The second kappa shape index (κ2) is 5.34. The summed E-state index contributed by atoms with van der Waals surface area (Å²) in [5, 5.41) is 3.21. The van der Waals surface area contributed by atoms with Crippen molar-refractivity contribution in [3.05, 3.63) is 37.3 Å². The van der Waals surface area contributed by atoms with Crippen molar-refractivity contribution in [3.8, 4) is 0 Å². The molecule has 0 amide bonds. The van der Waals surface area contributed by atoms with E-state index >= 15 is 0 Å². The van der Waals surface area contributed by atoms with Gasteiger partial charge in [-0.25, -0.2) is 0 Å². The van der Waals surface area contributed by atoms with Crippen molar-refractivity contribution in [2.75, 3.05) is 19.3 Å². The fraction of sp³-hybridized carbons (Fsp3) is 0.500. The minimum Gasteiger partial charge on any atom is -0.403 e. The van der Waals surface area contributed by atoms with Crippen LogP contribution in [0.15, 0.2) is 37.3 Å². The molecule has 16 heavy (non-hydrogen) atoms. The Kier molecular flexibility index (Phi) is 4.35. The molecule has 1 rings (SSSR count). The lowest BCUT2D eigenvalue weighted by Gasteiger charge is -2.47. The highest BCUT2D eigenvalue weighted by Gasteiger charge is 2.39. The second-order valence-electron chi connectivity index (χ2n) is 4.20. The summed E-state index contributed by atoms with van der Waals surface area (Å²) in [7, 11) is 2.07. The van der Waals surface area contributed by atoms with E-state index < -0.39 is 0 Å². The monoisotopic (exact) mass is 239 g/mol. The summed E-state index contributed by atoms with van der Waals surface area (Å²) < 4.78 is 0.0944. The first-order valence-electron chi connectivity index (χ1n) is 5.32. The van der Waals surface area contributed by atoms with E-state index in [9.17, 15) is 0 Å². The predicted molar refractivity (Wildman–Crippen MR) is 73.1 cm³/mol. The topological polar surface area (TPSA) is 41.3 Å². The highest BCUT2D eigenvalue weighted by molar-refractivity contribution is 8.01. The van der Waals surface area contributed by atoms with Crippen LogP contribution in [0.5, 0.6) is 0 Å². The summed E-state index contributed by atoms with van der Waals surface area (Å²) in [5.41, 5.74) is 6.46. The molecule has 0 aliphatic carbocycles. The number of nitrogens with two attached hydrogens (primary N) is 1. The van der Waals surface area contributed by atoms with Gasteiger partial charge >= 0.3 is 0 Å². The Bertz CT molecular complexity index is 301. The van der Waals surface area contributed by atoms with E-state index in [1.807, 2.05) is 17.8 Å². The molecule has 0 spiro atoms. The Hall–Kier alpha value is -1.03. The summed E-state index contributed by atoms with van der Waals surface area (Å²) >= 11 is 1.91. The van der Waals surface area contributed by atoms with E-state index in [0.717, 1.165) is 18.0 Å². The van der Waals surface area contributed by atoms with E-state index in [-0.39, 0.29) is 10.8 Å². The minimum absolute atomic E-state index is 0.0944. The molecule has 0 saturated carbocycles. The molecule has 0 bridgehead atoms. The maximum atomic E-state index is 5.31. The quantitative estimate of drug-likeness (QED) is 0.730. The van der Waals surface area contributed by atoms with Gasteiger partial charge in [-0.05, 0) is 6.92 Å². The molecule has 3 N–H and O–H groups in total. The zero-order chi connectivity index (χ0) is 12.2. The zero-order valence-corrected chi connectivity index (χ0v) is 10.9. The van der Waals surface area contributed by atoms with Gasteiger partial charge in [0.2, 0.25) is 0 Å². The lowest BCUT2D eigenvalue weighted by atomic mass is 9.98. The molecular formula is C12H21N3S. The molecule has 1 aliphatic heterocycles. The Labute approximate surface area is 102 Å². The number of rotatable bonds is 4. The highest BCUT2D eigenvalue weighted by Crippen LogP contribution is 2.38. The van der Waals surface area contributed by atoms with Gasteiger partial charge in [0.25, 0.3) is 0 Å². The van der Waals surface area contributed by atoms with Crippen molar-refractivity contribution in [2.24, 2.45) is 5.73 Å². The van der Waals surface area contributed by atoms with Crippen LogP contribution >= 0.6 is 11.8 Å². The Morgan fingerprint density at radius 3 is 3.00 bits per heavy atom. The molecule has 0 aromatic rings. The van der Waals surface area contributed by atoms with Gasteiger partial charge in [-0.1, -0.05) is 12.7 Å². The molecule has 2 unspecified atom stereocenters. The van der Waals surface area contributed by atoms with Crippen molar-refractivity contribution in [1.82, 2.24) is 10.2 Å².